The van der Waals surface area contributed by atoms with Crippen LogP contribution < -0.4 is 0 Å². The summed E-state index contributed by atoms with van der Waals surface area (Å²) in [7, 11) is -1.55. The van der Waals surface area contributed by atoms with Crippen molar-refractivity contribution in [2.75, 3.05) is 39.3 Å². The first kappa shape index (κ1) is 17.1. The summed E-state index contributed by atoms with van der Waals surface area (Å²) in [4.78, 5) is 13.9. The number of nitrogens with zero attached hydrogens (tertiary/aromatic N) is 5. The van der Waals surface area contributed by atoms with Gasteiger partial charge in [-0.2, -0.15) is 22.1 Å². The fraction of sp³-hybridized carbons (Fsp3) is 0.600. The summed E-state index contributed by atoms with van der Waals surface area (Å²) in [5, 5.41) is 4.04. The van der Waals surface area contributed by atoms with Crippen LogP contribution in [0.4, 0.5) is 0 Å². The fourth-order valence-corrected chi connectivity index (χ4v) is 4.69. The lowest BCUT2D eigenvalue weighted by Crippen LogP contribution is -2.53. The maximum atomic E-state index is 12.5. The van der Waals surface area contributed by atoms with Crippen molar-refractivity contribution in [2.45, 2.75) is 12.8 Å². The molecule has 9 heteroatoms. The highest BCUT2D eigenvalue weighted by Gasteiger charge is 2.34. The molecule has 0 unspecified atom stereocenters. The molecule has 3 heterocycles. The largest absolute Gasteiger partial charge is 0.337 e. The first-order chi connectivity index (χ1) is 11.5. The highest BCUT2D eigenvalue weighted by atomic mass is 32.2. The SMILES string of the molecule is Cn1cc(/C=C/C(=O)N2CCN(S(=O)(=O)N3CCCC3)CC2)cn1. The molecule has 2 aliphatic rings. The second kappa shape index (κ2) is 7.04. The van der Waals surface area contributed by atoms with Crippen molar-refractivity contribution in [3.05, 3.63) is 24.0 Å². The summed E-state index contributed by atoms with van der Waals surface area (Å²) in [5.41, 5.74) is 0.862. The minimum absolute atomic E-state index is 0.0999. The van der Waals surface area contributed by atoms with E-state index in [-0.39, 0.29) is 5.91 Å². The highest BCUT2D eigenvalue weighted by Crippen LogP contribution is 2.18. The molecule has 0 bridgehead atoms. The van der Waals surface area contributed by atoms with Gasteiger partial charge in [0.15, 0.2) is 0 Å². The molecule has 2 aliphatic heterocycles. The summed E-state index contributed by atoms with van der Waals surface area (Å²) in [5.74, 6) is -0.0999. The van der Waals surface area contributed by atoms with E-state index < -0.39 is 10.2 Å². The summed E-state index contributed by atoms with van der Waals surface area (Å²) in [6, 6.07) is 0. The van der Waals surface area contributed by atoms with Gasteiger partial charge in [-0.15, -0.1) is 0 Å². The van der Waals surface area contributed by atoms with Crippen molar-refractivity contribution in [2.24, 2.45) is 7.05 Å². The van der Waals surface area contributed by atoms with Gasteiger partial charge in [0, 0.05) is 64.2 Å². The summed E-state index contributed by atoms with van der Waals surface area (Å²) < 4.78 is 29.7. The van der Waals surface area contributed by atoms with Crippen molar-refractivity contribution < 1.29 is 13.2 Å². The molecule has 0 N–H and O–H groups in total. The molecule has 1 aromatic rings. The molecule has 0 spiro atoms. The average Bonchev–Trinajstić information content (AvgIpc) is 3.24. The summed E-state index contributed by atoms with van der Waals surface area (Å²) in [6.07, 6.45) is 8.60. The second-order valence-corrected chi connectivity index (χ2v) is 8.05. The zero-order chi connectivity index (χ0) is 17.2. The summed E-state index contributed by atoms with van der Waals surface area (Å²) in [6.45, 7) is 2.76. The Balaban J connectivity index is 1.54. The first-order valence-corrected chi connectivity index (χ1v) is 9.57. The number of carbonyl (C=O) groups excluding carboxylic acids is 1. The van der Waals surface area contributed by atoms with E-state index in [2.05, 4.69) is 5.10 Å². The second-order valence-electron chi connectivity index (χ2n) is 6.12. The van der Waals surface area contributed by atoms with E-state index in [9.17, 15) is 13.2 Å². The third-order valence-corrected chi connectivity index (χ3v) is 6.45. The molecule has 24 heavy (non-hydrogen) atoms. The van der Waals surface area contributed by atoms with Gasteiger partial charge in [-0.05, 0) is 18.9 Å². The van der Waals surface area contributed by atoms with Crippen molar-refractivity contribution in [3.63, 3.8) is 0 Å². The highest BCUT2D eigenvalue weighted by molar-refractivity contribution is 7.86. The van der Waals surface area contributed by atoms with Gasteiger partial charge in [-0.1, -0.05) is 0 Å². The number of rotatable bonds is 4. The standard InChI is InChI=1S/C15H23N5O3S/c1-17-13-14(12-16-17)4-5-15(21)18-8-10-20(11-9-18)24(22,23)19-6-2-3-7-19/h4-5,12-13H,2-3,6-11H2,1H3/b5-4+. The lowest BCUT2D eigenvalue weighted by Gasteiger charge is -2.35. The molecular weight excluding hydrogens is 330 g/mol. The molecule has 0 saturated carbocycles. The Morgan fingerprint density at radius 2 is 1.71 bits per heavy atom. The molecule has 0 atom stereocenters. The molecule has 0 aromatic carbocycles. The van der Waals surface area contributed by atoms with Crippen molar-refractivity contribution >= 4 is 22.2 Å². The van der Waals surface area contributed by atoms with E-state index in [0.717, 1.165) is 18.4 Å². The predicted octanol–water partition coefficient (Wildman–Crippen LogP) is -0.0819. The maximum absolute atomic E-state index is 12.5. The quantitative estimate of drug-likeness (QED) is 0.709. The minimum atomic E-state index is -3.36. The number of aryl methyl sites for hydroxylation is 1. The number of aromatic nitrogens is 2. The minimum Gasteiger partial charge on any atom is -0.337 e. The van der Waals surface area contributed by atoms with Gasteiger partial charge in [0.1, 0.15) is 0 Å². The normalized spacial score (nSPS) is 21.0. The third kappa shape index (κ3) is 3.68. The van der Waals surface area contributed by atoms with Crippen LogP contribution in [0.3, 0.4) is 0 Å². The third-order valence-electron chi connectivity index (χ3n) is 4.41. The molecule has 2 saturated heterocycles. The van der Waals surface area contributed by atoms with Crippen LogP contribution in [0.15, 0.2) is 18.5 Å². The van der Waals surface area contributed by atoms with Crippen LogP contribution in [0.1, 0.15) is 18.4 Å². The number of hydrogen-bond acceptors (Lipinski definition) is 4. The van der Waals surface area contributed by atoms with Crippen molar-refractivity contribution in [1.82, 2.24) is 23.3 Å². The van der Waals surface area contributed by atoms with Gasteiger partial charge in [0.25, 0.3) is 10.2 Å². The number of hydrogen-bond donors (Lipinski definition) is 0. The monoisotopic (exact) mass is 353 g/mol. The molecule has 8 nitrogen and oxygen atoms in total. The van der Waals surface area contributed by atoms with Gasteiger partial charge in [-0.25, -0.2) is 0 Å². The molecule has 0 aliphatic carbocycles. The van der Waals surface area contributed by atoms with Crippen LogP contribution in [0.25, 0.3) is 6.08 Å². The van der Waals surface area contributed by atoms with Crippen molar-refractivity contribution in [1.29, 1.82) is 0 Å². The van der Waals surface area contributed by atoms with Crippen LogP contribution in [0, 0.1) is 0 Å². The van der Waals surface area contributed by atoms with E-state index in [1.165, 1.54) is 10.4 Å². The Hall–Kier alpha value is -1.71. The fourth-order valence-electron chi connectivity index (χ4n) is 3.02. The average molecular weight is 353 g/mol. The van der Waals surface area contributed by atoms with Gasteiger partial charge < -0.3 is 4.90 Å². The van der Waals surface area contributed by atoms with E-state index in [0.29, 0.717) is 39.3 Å². The van der Waals surface area contributed by atoms with Crippen LogP contribution in [0.5, 0.6) is 0 Å². The number of amides is 1. The zero-order valence-corrected chi connectivity index (χ0v) is 14.7. The lowest BCUT2D eigenvalue weighted by molar-refractivity contribution is -0.127. The van der Waals surface area contributed by atoms with Gasteiger partial charge in [0.05, 0.1) is 6.20 Å². The van der Waals surface area contributed by atoms with Crippen LogP contribution in [0.2, 0.25) is 0 Å². The predicted molar refractivity (Wildman–Crippen MR) is 90.1 cm³/mol. The van der Waals surface area contributed by atoms with Crippen LogP contribution in [-0.4, -0.2) is 76.9 Å². The smallest absolute Gasteiger partial charge is 0.282 e. The lowest BCUT2D eigenvalue weighted by atomic mass is 10.3. The Morgan fingerprint density at radius 3 is 2.29 bits per heavy atom. The van der Waals surface area contributed by atoms with E-state index in [4.69, 9.17) is 0 Å². The van der Waals surface area contributed by atoms with E-state index in [1.807, 2.05) is 13.2 Å². The van der Waals surface area contributed by atoms with Crippen LogP contribution >= 0.6 is 0 Å². The molecule has 132 valence electrons. The van der Waals surface area contributed by atoms with Gasteiger partial charge in [0.2, 0.25) is 5.91 Å². The molecule has 1 aromatic heterocycles. The van der Waals surface area contributed by atoms with E-state index >= 15 is 0 Å². The molecule has 2 fully saturated rings. The maximum Gasteiger partial charge on any atom is 0.282 e. The Morgan fingerprint density at radius 1 is 1.08 bits per heavy atom. The Bertz CT molecular complexity index is 713. The Labute approximate surface area is 142 Å². The number of carbonyl (C=O) groups is 1. The molecular formula is C15H23N5O3S. The van der Waals surface area contributed by atoms with Crippen molar-refractivity contribution in [3.8, 4) is 0 Å². The van der Waals surface area contributed by atoms with Gasteiger partial charge >= 0.3 is 0 Å². The zero-order valence-electron chi connectivity index (χ0n) is 13.8. The summed E-state index contributed by atoms with van der Waals surface area (Å²) >= 11 is 0. The molecule has 1 amide bonds. The van der Waals surface area contributed by atoms with Crippen LogP contribution in [-0.2, 0) is 22.1 Å². The van der Waals surface area contributed by atoms with Gasteiger partial charge in [-0.3, -0.25) is 9.48 Å². The van der Waals surface area contributed by atoms with E-state index in [1.54, 1.807) is 26.2 Å². The topological polar surface area (TPSA) is 78.8 Å². The molecule has 3 rings (SSSR count). The molecule has 0 radical (unpaired) electrons. The first-order valence-electron chi connectivity index (χ1n) is 8.18. The Kier molecular flexibility index (Phi) is 5.02. The number of piperazine rings is 1.